The third kappa shape index (κ3) is 4.71. The average molecular weight is 412 g/mol. The van der Waals surface area contributed by atoms with Gasteiger partial charge >= 0.3 is 7.12 Å². The molecule has 3 rings (SSSR count). The van der Waals surface area contributed by atoms with E-state index in [2.05, 4.69) is 5.43 Å². The van der Waals surface area contributed by atoms with Crippen LogP contribution in [0.1, 0.15) is 58.2 Å². The molecule has 0 fully saturated rings. The first-order chi connectivity index (χ1) is 14.0. The molecule has 2 aromatic rings. The fourth-order valence-corrected chi connectivity index (χ4v) is 3.53. The van der Waals surface area contributed by atoms with Gasteiger partial charge in [0.2, 0.25) is 0 Å². The van der Waals surface area contributed by atoms with Crippen LogP contribution < -0.4 is 10.9 Å². The maximum Gasteiger partial charge on any atom is 0.494 e. The van der Waals surface area contributed by atoms with Crippen molar-refractivity contribution in [3.63, 3.8) is 0 Å². The Hall–Kier alpha value is -2.71. The highest BCUT2D eigenvalue weighted by molar-refractivity contribution is 6.61. The number of hydrogen-bond acceptors (Lipinski definition) is 4. The molecule has 0 radical (unpaired) electrons. The smallest absolute Gasteiger partial charge is 0.423 e. The van der Waals surface area contributed by atoms with Crippen LogP contribution in [0.4, 0.5) is 4.39 Å². The van der Waals surface area contributed by atoms with E-state index in [4.69, 9.17) is 4.65 Å². The predicted octanol–water partition coefficient (Wildman–Crippen LogP) is 2.49. The zero-order valence-corrected chi connectivity index (χ0v) is 17.9. The minimum absolute atomic E-state index is 0.0364. The van der Waals surface area contributed by atoms with Crippen LogP contribution in [0.25, 0.3) is 0 Å². The monoisotopic (exact) mass is 412 g/mol. The van der Waals surface area contributed by atoms with E-state index in [1.807, 2.05) is 40.7 Å². The quantitative estimate of drug-likeness (QED) is 0.600. The number of hydrogen-bond donors (Lipinski definition) is 2. The third-order valence-corrected chi connectivity index (χ3v) is 4.74. The molecule has 8 heteroatoms. The summed E-state index contributed by atoms with van der Waals surface area (Å²) in [7, 11) is -1.41. The standard InChI is InChI=1S/C22H26BFN2O4/c1-13-8-14(2)10-16(9-13)21(28)26(12-22(3,4)5)25-20(27)17-7-6-15-11-30-23(29)18(15)19(17)24/h6-10,29H,11-12H2,1-5H3,(H,25,27). The molecule has 0 aliphatic carbocycles. The fraction of sp³-hybridized carbons (Fsp3) is 0.364. The van der Waals surface area contributed by atoms with Crippen LogP contribution in [-0.4, -0.2) is 35.5 Å². The second kappa shape index (κ2) is 8.20. The maximum absolute atomic E-state index is 14.9. The highest BCUT2D eigenvalue weighted by Gasteiger charge is 2.34. The molecule has 1 aliphatic rings. The summed E-state index contributed by atoms with van der Waals surface area (Å²) in [4.78, 5) is 26.0. The Kier molecular flexibility index (Phi) is 6.01. The van der Waals surface area contributed by atoms with Gasteiger partial charge in [-0.2, -0.15) is 0 Å². The molecule has 0 atom stereocenters. The van der Waals surface area contributed by atoms with E-state index >= 15 is 0 Å². The van der Waals surface area contributed by atoms with Gasteiger partial charge in [-0.25, -0.2) is 9.40 Å². The van der Waals surface area contributed by atoms with Crippen molar-refractivity contribution in [1.29, 1.82) is 0 Å². The van der Waals surface area contributed by atoms with E-state index in [1.165, 1.54) is 11.1 Å². The summed E-state index contributed by atoms with van der Waals surface area (Å²) in [5, 5.41) is 11.1. The molecular weight excluding hydrogens is 386 g/mol. The van der Waals surface area contributed by atoms with Crippen LogP contribution in [0.5, 0.6) is 0 Å². The third-order valence-electron chi connectivity index (χ3n) is 4.74. The highest BCUT2D eigenvalue weighted by Crippen LogP contribution is 2.19. The fourth-order valence-electron chi connectivity index (χ4n) is 3.53. The first-order valence-corrected chi connectivity index (χ1v) is 9.78. The van der Waals surface area contributed by atoms with Crippen LogP contribution in [-0.2, 0) is 11.3 Å². The van der Waals surface area contributed by atoms with Crippen molar-refractivity contribution in [2.45, 2.75) is 41.2 Å². The Labute approximate surface area is 176 Å². The molecule has 0 unspecified atom stereocenters. The molecule has 0 bridgehead atoms. The second-order valence-corrected chi connectivity index (χ2v) is 8.93. The van der Waals surface area contributed by atoms with Crippen molar-refractivity contribution >= 4 is 24.4 Å². The molecule has 2 aromatic carbocycles. The van der Waals surface area contributed by atoms with Crippen LogP contribution in [0, 0.1) is 25.1 Å². The van der Waals surface area contributed by atoms with E-state index in [-0.39, 0.29) is 35.5 Å². The minimum atomic E-state index is -1.41. The number of aryl methyl sites for hydroxylation is 2. The van der Waals surface area contributed by atoms with Gasteiger partial charge in [-0.1, -0.05) is 44.0 Å². The van der Waals surface area contributed by atoms with E-state index in [9.17, 15) is 19.0 Å². The van der Waals surface area contributed by atoms with Crippen LogP contribution >= 0.6 is 0 Å². The van der Waals surface area contributed by atoms with Gasteiger partial charge in [-0.05, 0) is 43.0 Å². The molecule has 0 saturated heterocycles. The topological polar surface area (TPSA) is 78.9 Å². The summed E-state index contributed by atoms with van der Waals surface area (Å²) < 4.78 is 19.9. The van der Waals surface area contributed by atoms with Gasteiger partial charge in [0.25, 0.3) is 11.8 Å². The molecule has 2 amide bonds. The molecule has 1 heterocycles. The van der Waals surface area contributed by atoms with Gasteiger partial charge in [0, 0.05) is 17.6 Å². The Bertz CT molecular complexity index is 983. The van der Waals surface area contributed by atoms with Gasteiger partial charge in [-0.3, -0.25) is 15.0 Å². The maximum atomic E-state index is 14.9. The summed E-state index contributed by atoms with van der Waals surface area (Å²) >= 11 is 0. The van der Waals surface area contributed by atoms with Crippen molar-refractivity contribution in [2.75, 3.05) is 6.54 Å². The molecule has 1 aliphatic heterocycles. The number of fused-ring (bicyclic) bond motifs is 1. The van der Waals surface area contributed by atoms with E-state index in [0.717, 1.165) is 11.1 Å². The van der Waals surface area contributed by atoms with Crippen molar-refractivity contribution in [1.82, 2.24) is 10.4 Å². The van der Waals surface area contributed by atoms with Gasteiger partial charge in [-0.15, -0.1) is 0 Å². The van der Waals surface area contributed by atoms with Crippen LogP contribution in [0.3, 0.4) is 0 Å². The lowest BCUT2D eigenvalue weighted by Gasteiger charge is -2.30. The summed E-state index contributed by atoms with van der Waals surface area (Å²) in [6, 6.07) is 8.34. The Morgan fingerprint density at radius 3 is 2.43 bits per heavy atom. The predicted molar refractivity (Wildman–Crippen MR) is 113 cm³/mol. The van der Waals surface area contributed by atoms with Gasteiger partial charge in [0.15, 0.2) is 0 Å². The lowest BCUT2D eigenvalue weighted by Crippen LogP contribution is -2.50. The van der Waals surface area contributed by atoms with Gasteiger partial charge < -0.3 is 9.68 Å². The number of carbonyl (C=O) groups excluding carboxylic acids is 2. The first kappa shape index (κ1) is 22.0. The zero-order valence-electron chi connectivity index (χ0n) is 17.9. The average Bonchev–Trinajstić information content (AvgIpc) is 3.00. The summed E-state index contributed by atoms with van der Waals surface area (Å²) in [6.45, 7) is 9.90. The molecule has 0 saturated carbocycles. The summed E-state index contributed by atoms with van der Waals surface area (Å²) in [5.41, 5.74) is 4.74. The van der Waals surface area contributed by atoms with E-state index < -0.39 is 18.8 Å². The SMILES string of the molecule is Cc1cc(C)cc(C(=O)N(CC(C)(C)C)NC(=O)c2ccc3c(c2F)B(O)OC3)c1. The van der Waals surface area contributed by atoms with E-state index in [1.54, 1.807) is 18.2 Å². The molecule has 0 spiro atoms. The van der Waals surface area contributed by atoms with Crippen molar-refractivity contribution in [2.24, 2.45) is 5.41 Å². The molecular formula is C22H26BFN2O4. The lowest BCUT2D eigenvalue weighted by molar-refractivity contribution is 0.0507. The Balaban J connectivity index is 1.91. The van der Waals surface area contributed by atoms with Crippen molar-refractivity contribution in [3.8, 4) is 0 Å². The molecule has 6 nitrogen and oxygen atoms in total. The molecule has 30 heavy (non-hydrogen) atoms. The summed E-state index contributed by atoms with van der Waals surface area (Å²) in [6.07, 6.45) is 0. The molecule has 2 N–H and O–H groups in total. The number of rotatable bonds is 3. The normalized spacial score (nSPS) is 13.2. The van der Waals surface area contributed by atoms with Crippen molar-refractivity contribution in [3.05, 3.63) is 64.0 Å². The molecule has 158 valence electrons. The van der Waals surface area contributed by atoms with Gasteiger partial charge in [0.05, 0.1) is 12.2 Å². The second-order valence-electron chi connectivity index (χ2n) is 8.93. The number of nitrogens with zero attached hydrogens (tertiary/aromatic N) is 1. The number of hydrazine groups is 1. The van der Waals surface area contributed by atoms with Crippen molar-refractivity contribution < 1.29 is 23.7 Å². The Morgan fingerprint density at radius 2 is 1.83 bits per heavy atom. The van der Waals surface area contributed by atoms with E-state index in [0.29, 0.717) is 11.1 Å². The van der Waals surface area contributed by atoms with Crippen LogP contribution in [0.15, 0.2) is 30.3 Å². The Morgan fingerprint density at radius 1 is 1.20 bits per heavy atom. The number of amides is 2. The van der Waals surface area contributed by atoms with Crippen LogP contribution in [0.2, 0.25) is 0 Å². The first-order valence-electron chi connectivity index (χ1n) is 9.78. The van der Waals surface area contributed by atoms with Gasteiger partial charge in [0.1, 0.15) is 5.82 Å². The number of nitrogens with one attached hydrogen (secondary N) is 1. The zero-order chi connectivity index (χ0) is 22.2. The summed E-state index contributed by atoms with van der Waals surface area (Å²) in [5.74, 6) is -1.99. The number of carbonyl (C=O) groups is 2. The lowest BCUT2D eigenvalue weighted by atomic mass is 9.78. The molecule has 0 aromatic heterocycles. The number of benzene rings is 2. The highest BCUT2D eigenvalue weighted by atomic mass is 19.1. The minimum Gasteiger partial charge on any atom is -0.423 e. The number of halogens is 1. The largest absolute Gasteiger partial charge is 0.494 e.